The van der Waals surface area contributed by atoms with Gasteiger partial charge in [-0.25, -0.2) is 12.7 Å². The summed E-state index contributed by atoms with van der Waals surface area (Å²) in [4.78, 5) is 24.7. The molecule has 0 fully saturated rings. The summed E-state index contributed by atoms with van der Waals surface area (Å²) in [6.45, 7) is 1.53. The van der Waals surface area contributed by atoms with Gasteiger partial charge in [-0.3, -0.25) is 9.59 Å². The number of amides is 1. The van der Waals surface area contributed by atoms with Gasteiger partial charge in [0.05, 0.1) is 10.8 Å². The van der Waals surface area contributed by atoms with Gasteiger partial charge in [-0.05, 0) is 30.2 Å². The summed E-state index contributed by atoms with van der Waals surface area (Å²) in [5.41, 5.74) is 1.16. The number of ether oxygens (including phenoxy) is 1. The second kappa shape index (κ2) is 10.2. The van der Waals surface area contributed by atoms with Gasteiger partial charge in [0.25, 0.3) is 5.91 Å². The van der Waals surface area contributed by atoms with E-state index in [1.54, 1.807) is 6.07 Å². The van der Waals surface area contributed by atoms with Crippen LogP contribution in [0, 0.1) is 0 Å². The lowest BCUT2D eigenvalue weighted by Crippen LogP contribution is -2.24. The van der Waals surface area contributed by atoms with Crippen LogP contribution in [0.25, 0.3) is 0 Å². The molecular formula is C21H26N2O5S. The summed E-state index contributed by atoms with van der Waals surface area (Å²) >= 11 is 0. The number of carbonyl (C=O) groups excluding carboxylic acids is 2. The summed E-state index contributed by atoms with van der Waals surface area (Å²) < 4.78 is 30.7. The number of sulfonamides is 1. The highest BCUT2D eigenvalue weighted by Crippen LogP contribution is 2.23. The summed E-state index contributed by atoms with van der Waals surface area (Å²) in [5.74, 6) is -1.43. The molecule has 0 aliphatic heterocycles. The lowest BCUT2D eigenvalue weighted by molar-refractivity contribution is -0.149. The van der Waals surface area contributed by atoms with Gasteiger partial charge in [-0.15, -0.1) is 0 Å². The van der Waals surface area contributed by atoms with Crippen molar-refractivity contribution in [3.05, 3.63) is 60.2 Å². The van der Waals surface area contributed by atoms with Crippen molar-refractivity contribution in [1.82, 2.24) is 4.31 Å². The van der Waals surface area contributed by atoms with E-state index < -0.39 is 34.4 Å². The number of nitrogens with one attached hydrogen (secondary N) is 1. The van der Waals surface area contributed by atoms with E-state index in [0.717, 1.165) is 16.3 Å². The minimum Gasteiger partial charge on any atom is -0.455 e. The van der Waals surface area contributed by atoms with Gasteiger partial charge in [0.2, 0.25) is 10.0 Å². The standard InChI is InChI=1S/C21H26N2O5S/c1-4-9-19(16-10-6-5-7-11-16)21(25)28-15-20(24)22-17-12-8-13-18(14-17)29(26,27)23(2)3/h5-8,10-14,19H,4,9,15H2,1-3H3,(H,22,24)/t19-/m1/s1. The molecule has 8 heteroatoms. The number of nitrogens with zero attached hydrogens (tertiary/aromatic N) is 1. The fourth-order valence-electron chi connectivity index (χ4n) is 2.77. The molecule has 1 atom stereocenters. The van der Waals surface area contributed by atoms with Gasteiger partial charge < -0.3 is 10.1 Å². The number of esters is 1. The topological polar surface area (TPSA) is 92.8 Å². The van der Waals surface area contributed by atoms with Crippen molar-refractivity contribution in [1.29, 1.82) is 0 Å². The summed E-state index contributed by atoms with van der Waals surface area (Å²) in [6.07, 6.45) is 1.42. The molecule has 2 aromatic rings. The van der Waals surface area contributed by atoms with E-state index in [1.165, 1.54) is 32.3 Å². The first-order valence-corrected chi connectivity index (χ1v) is 10.7. The number of benzene rings is 2. The molecule has 0 aromatic heterocycles. The number of rotatable bonds is 9. The molecule has 2 aromatic carbocycles. The van der Waals surface area contributed by atoms with Crippen LogP contribution >= 0.6 is 0 Å². The van der Waals surface area contributed by atoms with E-state index in [1.807, 2.05) is 37.3 Å². The summed E-state index contributed by atoms with van der Waals surface area (Å²) in [6, 6.07) is 15.2. The van der Waals surface area contributed by atoms with Crippen molar-refractivity contribution in [2.75, 3.05) is 26.0 Å². The van der Waals surface area contributed by atoms with E-state index in [-0.39, 0.29) is 4.90 Å². The Morgan fingerprint density at radius 3 is 2.38 bits per heavy atom. The molecule has 1 amide bonds. The third-order valence-corrected chi connectivity index (χ3v) is 6.12. The van der Waals surface area contributed by atoms with Crippen LogP contribution in [-0.4, -0.2) is 45.3 Å². The van der Waals surface area contributed by atoms with Gasteiger partial charge in [-0.1, -0.05) is 49.7 Å². The van der Waals surface area contributed by atoms with Crippen LogP contribution in [0.2, 0.25) is 0 Å². The zero-order valence-electron chi connectivity index (χ0n) is 16.8. The van der Waals surface area contributed by atoms with Crippen molar-refractivity contribution in [3.8, 4) is 0 Å². The molecule has 0 bridgehead atoms. The minimum atomic E-state index is -3.61. The monoisotopic (exact) mass is 418 g/mol. The number of hydrogen-bond donors (Lipinski definition) is 1. The summed E-state index contributed by atoms with van der Waals surface area (Å²) in [7, 11) is -0.752. The molecular weight excluding hydrogens is 392 g/mol. The Morgan fingerprint density at radius 1 is 1.07 bits per heavy atom. The largest absolute Gasteiger partial charge is 0.455 e. The lowest BCUT2D eigenvalue weighted by atomic mass is 9.95. The van der Waals surface area contributed by atoms with Crippen molar-refractivity contribution in [3.63, 3.8) is 0 Å². The van der Waals surface area contributed by atoms with Crippen LogP contribution in [0.15, 0.2) is 59.5 Å². The van der Waals surface area contributed by atoms with E-state index in [9.17, 15) is 18.0 Å². The predicted molar refractivity (Wildman–Crippen MR) is 111 cm³/mol. The average Bonchev–Trinajstić information content (AvgIpc) is 2.71. The molecule has 0 saturated heterocycles. The Labute approximate surface area is 171 Å². The molecule has 0 unspecified atom stereocenters. The molecule has 29 heavy (non-hydrogen) atoms. The van der Waals surface area contributed by atoms with Crippen molar-refractivity contribution >= 4 is 27.6 Å². The van der Waals surface area contributed by atoms with Gasteiger partial charge >= 0.3 is 5.97 Å². The highest BCUT2D eigenvalue weighted by molar-refractivity contribution is 7.89. The second-order valence-corrected chi connectivity index (χ2v) is 8.87. The van der Waals surface area contributed by atoms with Crippen LogP contribution in [0.3, 0.4) is 0 Å². The SMILES string of the molecule is CCC[C@@H](C(=O)OCC(=O)Nc1cccc(S(=O)(=O)N(C)C)c1)c1ccccc1. The molecule has 0 heterocycles. The maximum absolute atomic E-state index is 12.5. The van der Waals surface area contributed by atoms with E-state index in [2.05, 4.69) is 5.32 Å². The van der Waals surface area contributed by atoms with E-state index in [0.29, 0.717) is 12.1 Å². The molecule has 0 aliphatic rings. The van der Waals surface area contributed by atoms with E-state index >= 15 is 0 Å². The Hall–Kier alpha value is -2.71. The van der Waals surface area contributed by atoms with Crippen molar-refractivity contribution < 1.29 is 22.7 Å². The fourth-order valence-corrected chi connectivity index (χ4v) is 3.72. The van der Waals surface area contributed by atoms with Crippen molar-refractivity contribution in [2.45, 2.75) is 30.6 Å². The zero-order valence-corrected chi connectivity index (χ0v) is 17.6. The van der Waals surface area contributed by atoms with Crippen molar-refractivity contribution in [2.24, 2.45) is 0 Å². The third kappa shape index (κ3) is 6.13. The van der Waals surface area contributed by atoms with Crippen LogP contribution in [0.5, 0.6) is 0 Å². The highest BCUT2D eigenvalue weighted by Gasteiger charge is 2.22. The first-order chi connectivity index (χ1) is 13.8. The molecule has 0 aliphatic carbocycles. The average molecular weight is 419 g/mol. The van der Waals surface area contributed by atoms with Crippen LogP contribution in [0.4, 0.5) is 5.69 Å². The first-order valence-electron chi connectivity index (χ1n) is 9.29. The van der Waals surface area contributed by atoms with Crippen LogP contribution in [-0.2, 0) is 24.3 Å². The molecule has 1 N–H and O–H groups in total. The molecule has 0 radical (unpaired) electrons. The lowest BCUT2D eigenvalue weighted by Gasteiger charge is -2.16. The Kier molecular flexibility index (Phi) is 7.92. The number of carbonyl (C=O) groups is 2. The van der Waals surface area contributed by atoms with Gasteiger partial charge in [0, 0.05) is 19.8 Å². The molecule has 156 valence electrons. The predicted octanol–water partition coefficient (Wildman–Crippen LogP) is 3.00. The van der Waals surface area contributed by atoms with Crippen LogP contribution < -0.4 is 5.32 Å². The molecule has 0 spiro atoms. The number of hydrogen-bond acceptors (Lipinski definition) is 5. The smallest absolute Gasteiger partial charge is 0.313 e. The molecule has 2 rings (SSSR count). The maximum atomic E-state index is 12.5. The van der Waals surface area contributed by atoms with Gasteiger partial charge in [-0.2, -0.15) is 0 Å². The third-order valence-electron chi connectivity index (χ3n) is 4.31. The minimum absolute atomic E-state index is 0.0596. The normalized spacial score (nSPS) is 12.4. The molecule has 7 nitrogen and oxygen atoms in total. The quantitative estimate of drug-likeness (QED) is 0.632. The summed E-state index contributed by atoms with van der Waals surface area (Å²) in [5, 5.41) is 2.56. The first kappa shape index (κ1) is 22.6. The Balaban J connectivity index is 2.00. The molecule has 0 saturated carbocycles. The van der Waals surface area contributed by atoms with Crippen LogP contribution in [0.1, 0.15) is 31.2 Å². The highest BCUT2D eigenvalue weighted by atomic mass is 32.2. The number of anilines is 1. The Bertz CT molecular complexity index is 943. The fraction of sp³-hybridized carbons (Fsp3) is 0.333. The van der Waals surface area contributed by atoms with E-state index in [4.69, 9.17) is 4.74 Å². The van der Waals surface area contributed by atoms with Gasteiger partial charge in [0.1, 0.15) is 0 Å². The van der Waals surface area contributed by atoms with Gasteiger partial charge in [0.15, 0.2) is 6.61 Å². The maximum Gasteiger partial charge on any atom is 0.313 e. The zero-order chi connectivity index (χ0) is 21.4. The Morgan fingerprint density at radius 2 is 1.76 bits per heavy atom. The second-order valence-electron chi connectivity index (χ2n) is 6.72.